The number of benzene rings is 1. The first-order chi connectivity index (χ1) is 14.9. The van der Waals surface area contributed by atoms with Gasteiger partial charge in [0.1, 0.15) is 5.75 Å². The molecule has 0 radical (unpaired) electrons. The quantitative estimate of drug-likeness (QED) is 0.519. The standard InChI is InChI=1S/C20H19F3N6O2/c1-2-17(30)25-11-16-18-14(15-8-10-26-27-15)7-9-24-19(18)29(28-16)12-3-5-13(6-4-12)31-20(21,22)23/h2-7,9,15,26-27H,1,8,10-11H2,(H,25,30). The molecule has 0 saturated carbocycles. The zero-order chi connectivity index (χ0) is 22.0. The number of aromatic nitrogens is 3. The molecule has 8 nitrogen and oxygen atoms in total. The molecule has 3 N–H and O–H groups in total. The van der Waals surface area contributed by atoms with Crippen molar-refractivity contribution in [3.63, 3.8) is 0 Å². The lowest BCUT2D eigenvalue weighted by atomic mass is 10.0. The smallest absolute Gasteiger partial charge is 0.406 e. The van der Waals surface area contributed by atoms with E-state index in [2.05, 4.69) is 37.6 Å². The number of rotatable bonds is 6. The molecule has 1 saturated heterocycles. The number of hydrazine groups is 1. The third-order valence-electron chi connectivity index (χ3n) is 4.81. The maximum Gasteiger partial charge on any atom is 0.573 e. The van der Waals surface area contributed by atoms with Gasteiger partial charge in [0.25, 0.3) is 0 Å². The molecule has 162 valence electrons. The molecule has 0 spiro atoms. The number of halogens is 3. The predicted molar refractivity (Wildman–Crippen MR) is 106 cm³/mol. The third kappa shape index (κ3) is 4.52. The van der Waals surface area contributed by atoms with Crippen LogP contribution in [0.15, 0.2) is 49.2 Å². The molecule has 31 heavy (non-hydrogen) atoms. The minimum Gasteiger partial charge on any atom is -0.406 e. The lowest BCUT2D eigenvalue weighted by Crippen LogP contribution is -2.25. The molecule has 1 aliphatic rings. The van der Waals surface area contributed by atoms with E-state index in [4.69, 9.17) is 0 Å². The Balaban J connectivity index is 1.77. The Morgan fingerprint density at radius 1 is 1.32 bits per heavy atom. The Bertz CT molecular complexity index is 1100. The van der Waals surface area contributed by atoms with Crippen molar-refractivity contribution in [2.24, 2.45) is 0 Å². The normalized spacial score (nSPS) is 16.4. The first kappa shape index (κ1) is 20.8. The number of nitrogens with one attached hydrogen (secondary N) is 3. The monoisotopic (exact) mass is 432 g/mol. The number of pyridine rings is 1. The van der Waals surface area contributed by atoms with Gasteiger partial charge < -0.3 is 10.1 Å². The van der Waals surface area contributed by atoms with Gasteiger partial charge in [0.2, 0.25) is 5.91 Å². The summed E-state index contributed by atoms with van der Waals surface area (Å²) in [5.74, 6) is -0.677. The van der Waals surface area contributed by atoms with E-state index in [-0.39, 0.29) is 24.2 Å². The van der Waals surface area contributed by atoms with Crippen LogP contribution in [0.2, 0.25) is 0 Å². The first-order valence-electron chi connectivity index (χ1n) is 9.47. The number of alkyl halides is 3. The lowest BCUT2D eigenvalue weighted by Gasteiger charge is -2.12. The number of fused-ring (bicyclic) bond motifs is 1. The Labute approximate surface area is 175 Å². The van der Waals surface area contributed by atoms with E-state index in [1.54, 1.807) is 6.20 Å². The Kier molecular flexibility index (Phi) is 5.61. The van der Waals surface area contributed by atoms with Gasteiger partial charge in [-0.15, -0.1) is 13.2 Å². The fourth-order valence-electron chi connectivity index (χ4n) is 3.48. The molecule has 1 atom stereocenters. The summed E-state index contributed by atoms with van der Waals surface area (Å²) in [5.41, 5.74) is 8.87. The van der Waals surface area contributed by atoms with Crippen molar-refractivity contribution in [1.29, 1.82) is 0 Å². The number of nitrogens with zero attached hydrogens (tertiary/aromatic N) is 3. The Morgan fingerprint density at radius 3 is 2.74 bits per heavy atom. The average molecular weight is 432 g/mol. The summed E-state index contributed by atoms with van der Waals surface area (Å²) in [6, 6.07) is 7.26. The minimum atomic E-state index is -4.77. The third-order valence-corrected chi connectivity index (χ3v) is 4.81. The summed E-state index contributed by atoms with van der Waals surface area (Å²) in [7, 11) is 0. The van der Waals surface area contributed by atoms with Crippen molar-refractivity contribution in [1.82, 2.24) is 30.9 Å². The minimum absolute atomic E-state index is 0.0274. The molecule has 4 rings (SSSR count). The maximum absolute atomic E-state index is 12.4. The van der Waals surface area contributed by atoms with Crippen LogP contribution in [0.4, 0.5) is 13.2 Å². The zero-order valence-electron chi connectivity index (χ0n) is 16.2. The summed E-state index contributed by atoms with van der Waals surface area (Å²) >= 11 is 0. The fraction of sp³-hybridized carbons (Fsp3) is 0.250. The highest BCUT2D eigenvalue weighted by Gasteiger charge is 2.31. The van der Waals surface area contributed by atoms with E-state index >= 15 is 0 Å². The summed E-state index contributed by atoms with van der Waals surface area (Å²) in [6.07, 6.45) is -1.09. The predicted octanol–water partition coefficient (Wildman–Crippen LogP) is 2.66. The van der Waals surface area contributed by atoms with Crippen molar-refractivity contribution >= 4 is 16.9 Å². The van der Waals surface area contributed by atoms with E-state index in [1.165, 1.54) is 35.0 Å². The molecule has 0 aliphatic carbocycles. The van der Waals surface area contributed by atoms with Gasteiger partial charge in [-0.25, -0.2) is 9.67 Å². The molecule has 1 aromatic carbocycles. The Hall–Kier alpha value is -3.44. The second kappa shape index (κ2) is 8.36. The van der Waals surface area contributed by atoms with Gasteiger partial charge in [-0.1, -0.05) is 6.58 Å². The average Bonchev–Trinajstić information content (AvgIpc) is 3.40. The van der Waals surface area contributed by atoms with Crippen LogP contribution >= 0.6 is 0 Å². The second-order valence-electron chi connectivity index (χ2n) is 6.83. The molecule has 1 aliphatic heterocycles. The molecule has 1 amide bonds. The van der Waals surface area contributed by atoms with Crippen LogP contribution in [0, 0.1) is 0 Å². The van der Waals surface area contributed by atoms with Gasteiger partial charge in [-0.2, -0.15) is 5.10 Å². The van der Waals surface area contributed by atoms with Gasteiger partial charge in [0, 0.05) is 24.2 Å². The van der Waals surface area contributed by atoms with Crippen LogP contribution in [-0.2, 0) is 11.3 Å². The fourth-order valence-corrected chi connectivity index (χ4v) is 3.48. The highest BCUT2D eigenvalue weighted by atomic mass is 19.4. The largest absolute Gasteiger partial charge is 0.573 e. The van der Waals surface area contributed by atoms with Crippen LogP contribution < -0.4 is 20.9 Å². The number of hydrogen-bond donors (Lipinski definition) is 3. The van der Waals surface area contributed by atoms with Crippen LogP contribution in [0.5, 0.6) is 5.75 Å². The van der Waals surface area contributed by atoms with Gasteiger partial charge in [-0.3, -0.25) is 15.6 Å². The van der Waals surface area contributed by atoms with E-state index in [0.717, 1.165) is 23.9 Å². The molecule has 3 aromatic rings. The summed E-state index contributed by atoms with van der Waals surface area (Å²) in [5, 5.41) is 8.08. The van der Waals surface area contributed by atoms with Crippen molar-refractivity contribution in [2.45, 2.75) is 25.4 Å². The van der Waals surface area contributed by atoms with Gasteiger partial charge in [-0.05, 0) is 48.4 Å². The molecule has 1 unspecified atom stereocenters. The number of carbonyl (C=O) groups excluding carboxylic acids is 1. The van der Waals surface area contributed by atoms with Gasteiger partial charge >= 0.3 is 6.36 Å². The number of ether oxygens (including phenoxy) is 1. The summed E-state index contributed by atoms with van der Waals surface area (Å²) in [4.78, 5) is 16.1. The lowest BCUT2D eigenvalue weighted by molar-refractivity contribution is -0.274. The van der Waals surface area contributed by atoms with Crippen LogP contribution in [0.25, 0.3) is 16.7 Å². The zero-order valence-corrected chi connectivity index (χ0v) is 16.2. The van der Waals surface area contributed by atoms with Crippen molar-refractivity contribution in [3.05, 3.63) is 60.4 Å². The van der Waals surface area contributed by atoms with Gasteiger partial charge in [0.05, 0.1) is 17.9 Å². The molecular weight excluding hydrogens is 413 g/mol. The Morgan fingerprint density at radius 2 is 2.10 bits per heavy atom. The maximum atomic E-state index is 12.4. The number of carbonyl (C=O) groups is 1. The highest BCUT2D eigenvalue weighted by Crippen LogP contribution is 2.31. The number of amides is 1. The summed E-state index contributed by atoms with van der Waals surface area (Å²) < 4.78 is 42.8. The van der Waals surface area contributed by atoms with Crippen LogP contribution in [0.3, 0.4) is 0 Å². The first-order valence-corrected chi connectivity index (χ1v) is 9.47. The van der Waals surface area contributed by atoms with Crippen LogP contribution in [0.1, 0.15) is 23.7 Å². The summed E-state index contributed by atoms with van der Waals surface area (Å²) in [6.45, 7) is 4.38. The van der Waals surface area contributed by atoms with Crippen molar-refractivity contribution in [2.75, 3.05) is 6.54 Å². The van der Waals surface area contributed by atoms with Crippen LogP contribution in [-0.4, -0.2) is 33.6 Å². The van der Waals surface area contributed by atoms with Crippen molar-refractivity contribution < 1.29 is 22.7 Å². The molecule has 2 aromatic heterocycles. The molecular formula is C20H19F3N6O2. The highest BCUT2D eigenvalue weighted by molar-refractivity contribution is 5.88. The molecule has 11 heteroatoms. The topological polar surface area (TPSA) is 93.1 Å². The molecule has 3 heterocycles. The van der Waals surface area contributed by atoms with E-state index in [0.29, 0.717) is 17.0 Å². The molecule has 1 fully saturated rings. The van der Waals surface area contributed by atoms with Crippen molar-refractivity contribution in [3.8, 4) is 11.4 Å². The van der Waals surface area contributed by atoms with E-state index < -0.39 is 6.36 Å². The number of hydrogen-bond acceptors (Lipinski definition) is 6. The molecule has 0 bridgehead atoms. The van der Waals surface area contributed by atoms with E-state index in [9.17, 15) is 18.0 Å². The van der Waals surface area contributed by atoms with Gasteiger partial charge in [0.15, 0.2) is 5.65 Å². The SMILES string of the molecule is C=CC(=O)NCc1nn(-c2ccc(OC(F)(F)F)cc2)c2nccc(C3CCNN3)c12. The second-order valence-corrected chi connectivity index (χ2v) is 6.83. The van der Waals surface area contributed by atoms with E-state index in [1.807, 2.05) is 6.07 Å².